The maximum atomic E-state index is 12.9. The van der Waals surface area contributed by atoms with Crippen molar-refractivity contribution in [2.24, 2.45) is 0 Å². The predicted molar refractivity (Wildman–Crippen MR) is 48.7 cm³/mol. The molecule has 0 radical (unpaired) electrons. The number of hydrogen-bond acceptors (Lipinski definition) is 1. The average molecular weight is 316 g/mol. The molecule has 1 aromatic rings. The van der Waals surface area contributed by atoms with Gasteiger partial charge in [0, 0.05) is 4.47 Å². The van der Waals surface area contributed by atoms with Gasteiger partial charge in [0.1, 0.15) is 0 Å². The predicted octanol–water partition coefficient (Wildman–Crippen LogP) is 3.19. The van der Waals surface area contributed by atoms with Crippen molar-refractivity contribution in [1.82, 2.24) is 0 Å². The van der Waals surface area contributed by atoms with Crippen LogP contribution >= 0.6 is 31.9 Å². The lowest BCUT2D eigenvalue weighted by Gasteiger charge is -2.02. The molecule has 0 saturated carbocycles. The Balaban J connectivity index is 3.50. The number of halogens is 4. The molecule has 0 atom stereocenters. The van der Waals surface area contributed by atoms with Crippen LogP contribution in [0, 0.1) is 11.6 Å². The molecule has 0 saturated heterocycles. The topological polar surface area (TPSA) is 37.3 Å². The van der Waals surface area contributed by atoms with Gasteiger partial charge in [-0.05, 0) is 37.9 Å². The highest BCUT2D eigenvalue weighted by Crippen LogP contribution is 2.29. The Morgan fingerprint density at radius 2 is 1.85 bits per heavy atom. The molecule has 1 rings (SSSR count). The summed E-state index contributed by atoms with van der Waals surface area (Å²) in [4.78, 5) is 10.4. The maximum absolute atomic E-state index is 12.9. The van der Waals surface area contributed by atoms with Gasteiger partial charge in [0.05, 0.1) is 10.0 Å². The van der Waals surface area contributed by atoms with Crippen LogP contribution in [0.3, 0.4) is 0 Å². The van der Waals surface area contributed by atoms with Crippen LogP contribution < -0.4 is 0 Å². The molecule has 0 aliphatic heterocycles. The summed E-state index contributed by atoms with van der Waals surface area (Å²) in [7, 11) is 0. The Morgan fingerprint density at radius 1 is 1.31 bits per heavy atom. The molecule has 0 spiro atoms. The molecule has 0 amide bonds. The van der Waals surface area contributed by atoms with Crippen molar-refractivity contribution >= 4 is 37.8 Å². The van der Waals surface area contributed by atoms with Crippen LogP contribution in [0.1, 0.15) is 10.4 Å². The molecule has 0 unspecified atom stereocenters. The summed E-state index contributed by atoms with van der Waals surface area (Å²) in [6.45, 7) is 0. The van der Waals surface area contributed by atoms with Crippen LogP contribution in [-0.4, -0.2) is 11.1 Å². The van der Waals surface area contributed by atoms with Gasteiger partial charge in [-0.25, -0.2) is 13.6 Å². The molecule has 0 aromatic heterocycles. The molecule has 0 aliphatic rings. The second kappa shape index (κ2) is 3.71. The fraction of sp³-hybridized carbons (Fsp3) is 0. The van der Waals surface area contributed by atoms with Crippen molar-refractivity contribution < 1.29 is 18.7 Å². The molecular formula is C7H2Br2F2O2. The first-order valence-electron chi connectivity index (χ1n) is 3.01. The normalized spacial score (nSPS) is 10.2. The summed E-state index contributed by atoms with van der Waals surface area (Å²) < 4.78 is 25.8. The lowest BCUT2D eigenvalue weighted by Crippen LogP contribution is -2.03. The van der Waals surface area contributed by atoms with Crippen molar-refractivity contribution in [3.05, 3.63) is 32.2 Å². The van der Waals surface area contributed by atoms with E-state index in [0.29, 0.717) is 0 Å². The van der Waals surface area contributed by atoms with Crippen molar-refractivity contribution in [3.63, 3.8) is 0 Å². The van der Waals surface area contributed by atoms with E-state index in [1.807, 2.05) is 0 Å². The zero-order valence-corrected chi connectivity index (χ0v) is 9.12. The first-order valence-corrected chi connectivity index (χ1v) is 4.60. The first kappa shape index (κ1) is 10.6. The summed E-state index contributed by atoms with van der Waals surface area (Å²) in [5.74, 6) is -4.10. The summed E-state index contributed by atoms with van der Waals surface area (Å²) in [5.41, 5.74) is -0.701. The molecule has 0 fully saturated rings. The van der Waals surface area contributed by atoms with Crippen LogP contribution in [0.2, 0.25) is 0 Å². The van der Waals surface area contributed by atoms with E-state index in [1.54, 1.807) is 0 Å². The summed E-state index contributed by atoms with van der Waals surface area (Å²) in [6, 6.07) is 0.991. The molecular weight excluding hydrogens is 314 g/mol. The van der Waals surface area contributed by atoms with Gasteiger partial charge in [0.15, 0.2) is 11.6 Å². The third kappa shape index (κ3) is 1.88. The fourth-order valence-corrected chi connectivity index (χ4v) is 1.42. The van der Waals surface area contributed by atoms with E-state index in [2.05, 4.69) is 31.9 Å². The lowest BCUT2D eigenvalue weighted by molar-refractivity contribution is 0.0690. The summed E-state index contributed by atoms with van der Waals surface area (Å²) in [5, 5.41) is 8.46. The molecule has 0 heterocycles. The maximum Gasteiger partial charge on any atom is 0.338 e. The number of carboxylic acid groups (broad SMARTS) is 1. The number of rotatable bonds is 1. The van der Waals surface area contributed by atoms with E-state index in [4.69, 9.17) is 5.11 Å². The number of carbonyl (C=O) groups is 1. The Kier molecular flexibility index (Phi) is 3.02. The SMILES string of the molecule is O=C(O)c1cc(Br)c(Br)c(F)c1F. The number of carboxylic acids is 1. The van der Waals surface area contributed by atoms with E-state index in [-0.39, 0.29) is 8.95 Å². The second-order valence-corrected chi connectivity index (χ2v) is 3.80. The van der Waals surface area contributed by atoms with E-state index >= 15 is 0 Å². The zero-order chi connectivity index (χ0) is 10.2. The Bertz CT molecular complexity index is 379. The van der Waals surface area contributed by atoms with Crippen molar-refractivity contribution in [2.45, 2.75) is 0 Å². The molecule has 70 valence electrons. The van der Waals surface area contributed by atoms with Gasteiger partial charge in [-0.2, -0.15) is 0 Å². The summed E-state index contributed by atoms with van der Waals surface area (Å²) >= 11 is 5.64. The van der Waals surface area contributed by atoms with Gasteiger partial charge in [-0.1, -0.05) is 0 Å². The van der Waals surface area contributed by atoms with Crippen LogP contribution in [0.25, 0.3) is 0 Å². The first-order chi connectivity index (χ1) is 5.95. The smallest absolute Gasteiger partial charge is 0.338 e. The highest BCUT2D eigenvalue weighted by Gasteiger charge is 2.19. The van der Waals surface area contributed by atoms with Crippen molar-refractivity contribution in [2.75, 3.05) is 0 Å². The van der Waals surface area contributed by atoms with Crippen LogP contribution in [0.5, 0.6) is 0 Å². The van der Waals surface area contributed by atoms with Gasteiger partial charge >= 0.3 is 5.97 Å². The van der Waals surface area contributed by atoms with E-state index in [0.717, 1.165) is 6.07 Å². The van der Waals surface area contributed by atoms with Crippen LogP contribution in [-0.2, 0) is 0 Å². The highest BCUT2D eigenvalue weighted by molar-refractivity contribution is 9.13. The van der Waals surface area contributed by atoms with Gasteiger partial charge < -0.3 is 5.11 Å². The van der Waals surface area contributed by atoms with Gasteiger partial charge in [-0.15, -0.1) is 0 Å². The van der Waals surface area contributed by atoms with E-state index < -0.39 is 23.2 Å². The molecule has 13 heavy (non-hydrogen) atoms. The molecule has 0 bridgehead atoms. The van der Waals surface area contributed by atoms with Gasteiger partial charge in [0.2, 0.25) is 0 Å². The quantitative estimate of drug-likeness (QED) is 0.638. The fourth-order valence-electron chi connectivity index (χ4n) is 0.728. The molecule has 0 aliphatic carbocycles. The highest BCUT2D eigenvalue weighted by atomic mass is 79.9. The zero-order valence-electron chi connectivity index (χ0n) is 5.94. The number of hydrogen-bond donors (Lipinski definition) is 1. The van der Waals surface area contributed by atoms with E-state index in [9.17, 15) is 13.6 Å². The molecule has 2 nitrogen and oxygen atoms in total. The molecule has 1 N–H and O–H groups in total. The van der Waals surface area contributed by atoms with Crippen LogP contribution in [0.4, 0.5) is 8.78 Å². The minimum absolute atomic E-state index is 0.130. The van der Waals surface area contributed by atoms with E-state index in [1.165, 1.54) is 0 Å². The van der Waals surface area contributed by atoms with Gasteiger partial charge in [0.25, 0.3) is 0 Å². The summed E-state index contributed by atoms with van der Waals surface area (Å²) in [6.07, 6.45) is 0. The molecule has 6 heteroatoms. The Labute approximate surface area is 88.8 Å². The molecule has 1 aromatic carbocycles. The third-order valence-electron chi connectivity index (χ3n) is 1.33. The lowest BCUT2D eigenvalue weighted by atomic mass is 10.2. The average Bonchev–Trinajstić information content (AvgIpc) is 2.07. The van der Waals surface area contributed by atoms with Gasteiger partial charge in [-0.3, -0.25) is 0 Å². The number of benzene rings is 1. The van der Waals surface area contributed by atoms with Crippen molar-refractivity contribution in [3.8, 4) is 0 Å². The Hall–Kier alpha value is -0.490. The third-order valence-corrected chi connectivity index (χ3v) is 3.27. The Morgan fingerprint density at radius 3 is 2.31 bits per heavy atom. The largest absolute Gasteiger partial charge is 0.478 e. The second-order valence-electron chi connectivity index (χ2n) is 2.15. The van der Waals surface area contributed by atoms with Crippen molar-refractivity contribution in [1.29, 1.82) is 0 Å². The minimum atomic E-state index is -1.51. The van der Waals surface area contributed by atoms with Crippen LogP contribution in [0.15, 0.2) is 15.0 Å². The monoisotopic (exact) mass is 314 g/mol. The number of aromatic carboxylic acids is 1. The standard InChI is InChI=1S/C7H2Br2F2O2/c8-3-1-2(7(12)13)5(10)6(11)4(3)9/h1H,(H,12,13). The minimum Gasteiger partial charge on any atom is -0.478 e.